The number of nitrogens with one attached hydrogen (secondary N) is 1. The second kappa shape index (κ2) is 7.78. The van der Waals surface area contributed by atoms with Crippen LogP contribution in [0.25, 0.3) is 0 Å². The van der Waals surface area contributed by atoms with Crippen molar-refractivity contribution < 1.29 is 27.9 Å². The molecule has 3 aromatic rings. The minimum atomic E-state index is -4.43. The van der Waals surface area contributed by atoms with Gasteiger partial charge in [0.1, 0.15) is 6.04 Å². The smallest absolute Gasteiger partial charge is 0.416 e. The third-order valence-electron chi connectivity index (χ3n) is 4.09. The molecule has 1 amide bonds. The zero-order valence-corrected chi connectivity index (χ0v) is 15.1. The molecule has 0 saturated carbocycles. The molecule has 29 heavy (non-hydrogen) atoms. The van der Waals surface area contributed by atoms with Gasteiger partial charge in [-0.3, -0.25) is 14.2 Å². The van der Waals surface area contributed by atoms with Gasteiger partial charge in [-0.05, 0) is 30.7 Å². The molecular formula is C18H16F3N5O3. The lowest BCUT2D eigenvalue weighted by molar-refractivity contribution is -0.140. The Labute approximate surface area is 162 Å². The van der Waals surface area contributed by atoms with Gasteiger partial charge in [-0.15, -0.1) is 0 Å². The van der Waals surface area contributed by atoms with Gasteiger partial charge in [0.15, 0.2) is 5.69 Å². The predicted octanol–water partition coefficient (Wildman–Crippen LogP) is 3.04. The Morgan fingerprint density at radius 2 is 2.03 bits per heavy atom. The number of amides is 1. The first kappa shape index (κ1) is 20.1. The van der Waals surface area contributed by atoms with Crippen LogP contribution in [-0.4, -0.2) is 36.5 Å². The number of aliphatic carboxylic acids is 1. The van der Waals surface area contributed by atoms with Crippen molar-refractivity contribution in [2.24, 2.45) is 0 Å². The Balaban J connectivity index is 1.66. The molecule has 2 aromatic heterocycles. The molecule has 3 rings (SSSR count). The summed E-state index contributed by atoms with van der Waals surface area (Å²) in [6, 6.07) is 5.34. The van der Waals surface area contributed by atoms with Gasteiger partial charge < -0.3 is 10.4 Å². The van der Waals surface area contributed by atoms with Gasteiger partial charge in [-0.25, -0.2) is 4.79 Å². The van der Waals surface area contributed by atoms with E-state index in [9.17, 15) is 22.8 Å². The van der Waals surface area contributed by atoms with Crippen LogP contribution in [0.15, 0.2) is 48.9 Å². The van der Waals surface area contributed by atoms with Crippen molar-refractivity contribution in [2.45, 2.75) is 25.7 Å². The van der Waals surface area contributed by atoms with Crippen molar-refractivity contribution in [3.05, 3.63) is 65.7 Å². The average Bonchev–Trinajstić information content (AvgIpc) is 3.30. The maximum atomic E-state index is 12.8. The van der Waals surface area contributed by atoms with Crippen LogP contribution in [-0.2, 0) is 17.5 Å². The van der Waals surface area contributed by atoms with Crippen molar-refractivity contribution in [1.29, 1.82) is 0 Å². The second-order valence-electron chi connectivity index (χ2n) is 6.27. The highest BCUT2D eigenvalue weighted by Gasteiger charge is 2.30. The van der Waals surface area contributed by atoms with E-state index in [1.807, 2.05) is 0 Å². The predicted molar refractivity (Wildman–Crippen MR) is 95.3 cm³/mol. The third kappa shape index (κ3) is 4.81. The Morgan fingerprint density at radius 1 is 1.28 bits per heavy atom. The first-order chi connectivity index (χ1) is 13.6. The molecule has 0 aliphatic heterocycles. The van der Waals surface area contributed by atoms with E-state index in [1.165, 1.54) is 42.3 Å². The number of carboxylic acid groups (broad SMARTS) is 1. The van der Waals surface area contributed by atoms with E-state index in [2.05, 4.69) is 15.5 Å². The lowest BCUT2D eigenvalue weighted by Crippen LogP contribution is -2.18. The van der Waals surface area contributed by atoms with Crippen LogP contribution in [0, 0.1) is 0 Å². The van der Waals surface area contributed by atoms with Crippen LogP contribution in [0.4, 0.5) is 18.9 Å². The van der Waals surface area contributed by atoms with Crippen LogP contribution in [0.2, 0.25) is 0 Å². The average molecular weight is 407 g/mol. The molecule has 152 valence electrons. The van der Waals surface area contributed by atoms with Gasteiger partial charge in [-0.1, -0.05) is 12.1 Å². The second-order valence-corrected chi connectivity index (χ2v) is 6.27. The molecule has 0 aliphatic rings. The summed E-state index contributed by atoms with van der Waals surface area (Å²) in [7, 11) is 0. The van der Waals surface area contributed by atoms with E-state index < -0.39 is 29.7 Å². The molecule has 0 bridgehead atoms. The minimum absolute atomic E-state index is 0.0173. The molecule has 2 heterocycles. The van der Waals surface area contributed by atoms with Crippen LogP contribution in [0.5, 0.6) is 0 Å². The molecule has 0 radical (unpaired) electrons. The van der Waals surface area contributed by atoms with Crippen LogP contribution >= 0.6 is 0 Å². The SMILES string of the molecule is CC(C(=O)O)n1ccc(C(=O)Nc2cnn(Cc3cccc(C(F)(F)F)c3)c2)n1. The number of halogens is 3. The largest absolute Gasteiger partial charge is 0.480 e. The fraction of sp³-hybridized carbons (Fsp3) is 0.222. The monoisotopic (exact) mass is 407 g/mol. The summed E-state index contributed by atoms with van der Waals surface area (Å²) in [6.07, 6.45) is -0.233. The summed E-state index contributed by atoms with van der Waals surface area (Å²) in [5.41, 5.74) is -0.00408. The maximum absolute atomic E-state index is 12.8. The van der Waals surface area contributed by atoms with E-state index in [4.69, 9.17) is 5.11 Å². The third-order valence-corrected chi connectivity index (χ3v) is 4.09. The number of anilines is 1. The normalized spacial score (nSPS) is 12.6. The van der Waals surface area contributed by atoms with Gasteiger partial charge >= 0.3 is 12.1 Å². The van der Waals surface area contributed by atoms with Gasteiger partial charge in [0, 0.05) is 12.4 Å². The van der Waals surface area contributed by atoms with Crippen LogP contribution in [0.1, 0.15) is 34.6 Å². The molecule has 0 spiro atoms. The zero-order valence-electron chi connectivity index (χ0n) is 15.1. The number of nitrogens with zero attached hydrogens (tertiary/aromatic N) is 4. The van der Waals surface area contributed by atoms with Crippen LogP contribution < -0.4 is 5.32 Å². The molecule has 11 heteroatoms. The number of alkyl halides is 3. The number of benzene rings is 1. The van der Waals surface area contributed by atoms with Crippen molar-refractivity contribution in [3.8, 4) is 0 Å². The lowest BCUT2D eigenvalue weighted by atomic mass is 10.1. The van der Waals surface area contributed by atoms with E-state index in [-0.39, 0.29) is 12.2 Å². The summed E-state index contributed by atoms with van der Waals surface area (Å²) in [4.78, 5) is 23.2. The highest BCUT2D eigenvalue weighted by Crippen LogP contribution is 2.29. The number of carbonyl (C=O) groups excluding carboxylic acids is 1. The molecule has 0 fully saturated rings. The molecule has 1 atom stereocenters. The van der Waals surface area contributed by atoms with Gasteiger partial charge in [0.05, 0.1) is 24.0 Å². The Bertz CT molecular complexity index is 1040. The minimum Gasteiger partial charge on any atom is -0.480 e. The molecule has 1 unspecified atom stereocenters. The number of carboxylic acids is 1. The number of aromatic nitrogens is 4. The van der Waals surface area contributed by atoms with Crippen molar-refractivity contribution >= 4 is 17.6 Å². The number of hydrogen-bond acceptors (Lipinski definition) is 4. The van der Waals surface area contributed by atoms with E-state index in [0.717, 1.165) is 16.8 Å². The van der Waals surface area contributed by atoms with Crippen LogP contribution in [0.3, 0.4) is 0 Å². The Morgan fingerprint density at radius 3 is 2.72 bits per heavy atom. The summed E-state index contributed by atoms with van der Waals surface area (Å²) < 4.78 is 40.9. The van der Waals surface area contributed by atoms with E-state index in [1.54, 1.807) is 6.07 Å². The van der Waals surface area contributed by atoms with E-state index >= 15 is 0 Å². The molecular weight excluding hydrogens is 391 g/mol. The van der Waals surface area contributed by atoms with Gasteiger partial charge in [0.25, 0.3) is 5.91 Å². The first-order valence-electron chi connectivity index (χ1n) is 8.41. The van der Waals surface area contributed by atoms with Gasteiger partial charge in [0.2, 0.25) is 0 Å². The maximum Gasteiger partial charge on any atom is 0.416 e. The fourth-order valence-electron chi connectivity index (χ4n) is 2.53. The quantitative estimate of drug-likeness (QED) is 0.654. The zero-order chi connectivity index (χ0) is 21.2. The first-order valence-corrected chi connectivity index (χ1v) is 8.41. The molecule has 8 nitrogen and oxygen atoms in total. The number of carbonyl (C=O) groups is 2. The van der Waals surface area contributed by atoms with E-state index in [0.29, 0.717) is 11.3 Å². The number of rotatable bonds is 6. The molecule has 2 N–H and O–H groups in total. The Kier molecular flexibility index (Phi) is 5.39. The highest BCUT2D eigenvalue weighted by atomic mass is 19.4. The standard InChI is InChI=1S/C18H16F3N5O3/c1-11(17(28)29)26-6-5-15(24-26)16(27)23-14-8-22-25(10-14)9-12-3-2-4-13(7-12)18(19,20)21/h2-8,10-11H,9H2,1H3,(H,23,27)(H,28,29). The fourth-order valence-corrected chi connectivity index (χ4v) is 2.53. The van der Waals surface area contributed by atoms with Crippen molar-refractivity contribution in [3.63, 3.8) is 0 Å². The van der Waals surface area contributed by atoms with Gasteiger partial charge in [-0.2, -0.15) is 23.4 Å². The summed E-state index contributed by atoms with van der Waals surface area (Å²) in [6.45, 7) is 1.51. The molecule has 0 aliphatic carbocycles. The van der Waals surface area contributed by atoms with Crippen molar-refractivity contribution in [2.75, 3.05) is 5.32 Å². The summed E-state index contributed by atoms with van der Waals surface area (Å²) in [5, 5.41) is 19.5. The Hall–Kier alpha value is -3.63. The molecule has 0 saturated heterocycles. The lowest BCUT2D eigenvalue weighted by Gasteiger charge is -2.08. The number of hydrogen-bond donors (Lipinski definition) is 2. The molecule has 1 aromatic carbocycles. The summed E-state index contributed by atoms with van der Waals surface area (Å²) >= 11 is 0. The highest BCUT2D eigenvalue weighted by molar-refractivity contribution is 6.02. The van der Waals surface area contributed by atoms with Crippen molar-refractivity contribution in [1.82, 2.24) is 19.6 Å². The topological polar surface area (TPSA) is 102 Å². The summed E-state index contributed by atoms with van der Waals surface area (Å²) in [5.74, 6) is -1.66.